The summed E-state index contributed by atoms with van der Waals surface area (Å²) >= 11 is 17.4. The molecule has 1 aromatic rings. The van der Waals surface area contributed by atoms with Crippen LogP contribution in [0.25, 0.3) is 0 Å². The molecular weight excluding hydrogens is 256 g/mol. The van der Waals surface area contributed by atoms with Gasteiger partial charge in [-0.05, 0) is 32.0 Å². The van der Waals surface area contributed by atoms with Gasteiger partial charge in [-0.15, -0.1) is 11.6 Å². The molecule has 0 aliphatic heterocycles. The fraction of sp³-hybridized carbons (Fsp3) is 0.300. The number of anilines is 1. The minimum absolute atomic E-state index is 0.303. The van der Waals surface area contributed by atoms with Crippen molar-refractivity contribution in [2.75, 3.05) is 5.32 Å². The number of alkyl halides is 1. The lowest BCUT2D eigenvalue weighted by Gasteiger charge is -2.15. The predicted octanol–water partition coefficient (Wildman–Crippen LogP) is 3.95. The molecule has 0 fully saturated rings. The molecule has 82 valence electrons. The fourth-order valence-corrected chi connectivity index (χ4v) is 1.48. The van der Waals surface area contributed by atoms with E-state index in [1.54, 1.807) is 32.0 Å². The first-order chi connectivity index (χ1) is 6.79. The number of amides is 1. The molecule has 1 rings (SSSR count). The van der Waals surface area contributed by atoms with Crippen LogP contribution in [-0.2, 0) is 4.79 Å². The molecule has 0 saturated carbocycles. The van der Waals surface area contributed by atoms with Gasteiger partial charge in [-0.3, -0.25) is 4.79 Å². The molecule has 2 nitrogen and oxygen atoms in total. The number of carbonyl (C=O) groups excluding carboxylic acids is 1. The van der Waals surface area contributed by atoms with Crippen LogP contribution in [-0.4, -0.2) is 10.8 Å². The Morgan fingerprint density at radius 1 is 1.20 bits per heavy atom. The number of halogens is 3. The SMILES string of the molecule is CC(C)(Cl)C(=O)Nc1cc(Cl)cc(Cl)c1. The summed E-state index contributed by atoms with van der Waals surface area (Å²) in [6.45, 7) is 3.21. The number of hydrogen-bond donors (Lipinski definition) is 1. The van der Waals surface area contributed by atoms with E-state index in [0.717, 1.165) is 0 Å². The maximum atomic E-state index is 11.5. The van der Waals surface area contributed by atoms with Crippen LogP contribution in [0, 0.1) is 0 Å². The van der Waals surface area contributed by atoms with Crippen molar-refractivity contribution >= 4 is 46.4 Å². The van der Waals surface area contributed by atoms with Gasteiger partial charge in [-0.1, -0.05) is 23.2 Å². The summed E-state index contributed by atoms with van der Waals surface area (Å²) in [7, 11) is 0. The molecule has 1 N–H and O–H groups in total. The topological polar surface area (TPSA) is 29.1 Å². The van der Waals surface area contributed by atoms with E-state index in [0.29, 0.717) is 15.7 Å². The third-order valence-corrected chi connectivity index (χ3v) is 2.27. The van der Waals surface area contributed by atoms with Crippen molar-refractivity contribution in [3.05, 3.63) is 28.2 Å². The first kappa shape index (κ1) is 12.6. The number of nitrogens with one attached hydrogen (secondary N) is 1. The van der Waals surface area contributed by atoms with Gasteiger partial charge in [-0.25, -0.2) is 0 Å². The van der Waals surface area contributed by atoms with E-state index >= 15 is 0 Å². The average Bonchev–Trinajstić information content (AvgIpc) is 1.99. The second-order valence-electron chi connectivity index (χ2n) is 3.58. The summed E-state index contributed by atoms with van der Waals surface area (Å²) in [6, 6.07) is 4.80. The van der Waals surface area contributed by atoms with Crippen molar-refractivity contribution in [3.8, 4) is 0 Å². The zero-order valence-corrected chi connectivity index (χ0v) is 10.5. The molecule has 1 aromatic carbocycles. The van der Waals surface area contributed by atoms with Gasteiger partial charge in [0.1, 0.15) is 4.87 Å². The molecule has 5 heteroatoms. The molecule has 0 aliphatic rings. The van der Waals surface area contributed by atoms with E-state index in [2.05, 4.69) is 5.32 Å². The second-order valence-corrected chi connectivity index (χ2v) is 5.40. The highest BCUT2D eigenvalue weighted by atomic mass is 35.5. The number of carbonyl (C=O) groups is 1. The predicted molar refractivity (Wildman–Crippen MR) is 65.0 cm³/mol. The van der Waals surface area contributed by atoms with Crippen LogP contribution >= 0.6 is 34.8 Å². The van der Waals surface area contributed by atoms with Crippen molar-refractivity contribution in [3.63, 3.8) is 0 Å². The summed E-state index contributed by atoms with van der Waals surface area (Å²) in [6.07, 6.45) is 0. The molecular formula is C10H10Cl3NO. The summed E-state index contributed by atoms with van der Waals surface area (Å²) < 4.78 is 0. The lowest BCUT2D eigenvalue weighted by atomic mass is 10.2. The Morgan fingerprint density at radius 2 is 1.67 bits per heavy atom. The largest absolute Gasteiger partial charge is 0.324 e. The van der Waals surface area contributed by atoms with Crippen LogP contribution in [0.4, 0.5) is 5.69 Å². The zero-order valence-electron chi connectivity index (χ0n) is 8.27. The third kappa shape index (κ3) is 3.90. The highest BCUT2D eigenvalue weighted by Gasteiger charge is 2.24. The van der Waals surface area contributed by atoms with Gasteiger partial charge in [0.05, 0.1) is 0 Å². The van der Waals surface area contributed by atoms with Gasteiger partial charge >= 0.3 is 0 Å². The average molecular weight is 267 g/mol. The van der Waals surface area contributed by atoms with Gasteiger partial charge in [0, 0.05) is 15.7 Å². The Bertz CT molecular complexity index is 364. The van der Waals surface area contributed by atoms with Crippen LogP contribution in [0.3, 0.4) is 0 Å². The van der Waals surface area contributed by atoms with Crippen LogP contribution in [0.1, 0.15) is 13.8 Å². The van der Waals surface area contributed by atoms with Crippen LogP contribution in [0.15, 0.2) is 18.2 Å². The van der Waals surface area contributed by atoms with Crippen molar-refractivity contribution in [2.24, 2.45) is 0 Å². The summed E-state index contributed by atoms with van der Waals surface area (Å²) in [5.41, 5.74) is 0.534. The summed E-state index contributed by atoms with van der Waals surface area (Å²) in [5, 5.41) is 3.55. The zero-order chi connectivity index (χ0) is 11.6. The summed E-state index contributed by atoms with van der Waals surface area (Å²) in [4.78, 5) is 10.6. The quantitative estimate of drug-likeness (QED) is 0.807. The fourth-order valence-electron chi connectivity index (χ4n) is 0.906. The lowest BCUT2D eigenvalue weighted by Crippen LogP contribution is -2.31. The number of benzene rings is 1. The Hall–Kier alpha value is -0.440. The van der Waals surface area contributed by atoms with Crippen LogP contribution < -0.4 is 5.32 Å². The molecule has 0 unspecified atom stereocenters. The standard InChI is InChI=1S/C10H10Cl3NO/c1-10(2,13)9(15)14-8-4-6(11)3-7(12)5-8/h3-5H,1-2H3,(H,14,15). The number of rotatable bonds is 2. The van der Waals surface area contributed by atoms with Gasteiger partial charge in [0.25, 0.3) is 0 Å². The van der Waals surface area contributed by atoms with Gasteiger partial charge < -0.3 is 5.32 Å². The van der Waals surface area contributed by atoms with E-state index in [1.165, 1.54) is 0 Å². The normalized spacial score (nSPS) is 11.3. The van der Waals surface area contributed by atoms with E-state index < -0.39 is 4.87 Å². The van der Waals surface area contributed by atoms with Crippen molar-refractivity contribution in [1.82, 2.24) is 0 Å². The maximum absolute atomic E-state index is 11.5. The Morgan fingerprint density at radius 3 is 2.07 bits per heavy atom. The Kier molecular flexibility index (Phi) is 3.87. The smallest absolute Gasteiger partial charge is 0.244 e. The molecule has 0 heterocycles. The maximum Gasteiger partial charge on any atom is 0.244 e. The van der Waals surface area contributed by atoms with E-state index in [1.807, 2.05) is 0 Å². The van der Waals surface area contributed by atoms with Gasteiger partial charge in [0.15, 0.2) is 0 Å². The van der Waals surface area contributed by atoms with E-state index in [-0.39, 0.29) is 5.91 Å². The first-order valence-corrected chi connectivity index (χ1v) is 5.39. The monoisotopic (exact) mass is 265 g/mol. The Balaban J connectivity index is 2.86. The van der Waals surface area contributed by atoms with E-state index in [4.69, 9.17) is 34.8 Å². The molecule has 1 amide bonds. The Labute approximate surface area is 104 Å². The lowest BCUT2D eigenvalue weighted by molar-refractivity contribution is -0.117. The van der Waals surface area contributed by atoms with Crippen molar-refractivity contribution in [2.45, 2.75) is 18.7 Å². The van der Waals surface area contributed by atoms with Crippen LogP contribution in [0.5, 0.6) is 0 Å². The first-order valence-electron chi connectivity index (χ1n) is 4.25. The highest BCUT2D eigenvalue weighted by molar-refractivity contribution is 6.37. The third-order valence-electron chi connectivity index (χ3n) is 1.66. The van der Waals surface area contributed by atoms with Gasteiger partial charge in [0.2, 0.25) is 5.91 Å². The minimum atomic E-state index is -0.963. The number of hydrogen-bond acceptors (Lipinski definition) is 1. The molecule has 0 saturated heterocycles. The minimum Gasteiger partial charge on any atom is -0.324 e. The molecule has 0 aliphatic carbocycles. The second kappa shape index (κ2) is 4.60. The van der Waals surface area contributed by atoms with Crippen molar-refractivity contribution < 1.29 is 4.79 Å². The highest BCUT2D eigenvalue weighted by Crippen LogP contribution is 2.24. The van der Waals surface area contributed by atoms with Gasteiger partial charge in [-0.2, -0.15) is 0 Å². The van der Waals surface area contributed by atoms with Crippen LogP contribution in [0.2, 0.25) is 10.0 Å². The van der Waals surface area contributed by atoms with E-state index in [9.17, 15) is 4.79 Å². The molecule has 0 radical (unpaired) electrons. The van der Waals surface area contributed by atoms with Crippen molar-refractivity contribution in [1.29, 1.82) is 0 Å². The molecule has 0 aromatic heterocycles. The molecule has 0 spiro atoms. The summed E-state index contributed by atoms with van der Waals surface area (Å²) in [5.74, 6) is -0.303. The molecule has 0 bridgehead atoms. The molecule has 15 heavy (non-hydrogen) atoms. The molecule has 0 atom stereocenters.